The predicted molar refractivity (Wildman–Crippen MR) is 94.2 cm³/mol. The fraction of sp³-hybridized carbons (Fsp3) is 0.278. The van der Waals surface area contributed by atoms with Crippen molar-refractivity contribution in [3.8, 4) is 11.5 Å². The molecule has 0 bridgehead atoms. The third-order valence-electron chi connectivity index (χ3n) is 3.22. The van der Waals surface area contributed by atoms with E-state index in [0.29, 0.717) is 0 Å². The molecule has 2 aromatic carbocycles. The van der Waals surface area contributed by atoms with Crippen molar-refractivity contribution in [2.45, 2.75) is 20.8 Å². The van der Waals surface area contributed by atoms with Crippen molar-refractivity contribution in [1.29, 1.82) is 0 Å². The van der Waals surface area contributed by atoms with Crippen molar-refractivity contribution < 1.29 is 14.3 Å². The first-order chi connectivity index (χ1) is 10.9. The molecule has 3 N–H and O–H groups in total. The zero-order valence-electron chi connectivity index (χ0n) is 14.3. The van der Waals surface area contributed by atoms with Crippen molar-refractivity contribution in [3.05, 3.63) is 47.5 Å². The summed E-state index contributed by atoms with van der Waals surface area (Å²) in [6.45, 7) is 5.37. The number of hydrogen-bond donors (Lipinski definition) is 2. The fourth-order valence-corrected chi connectivity index (χ4v) is 1.87. The van der Waals surface area contributed by atoms with E-state index in [1.54, 1.807) is 14.2 Å². The van der Waals surface area contributed by atoms with Crippen LogP contribution in [-0.4, -0.2) is 20.1 Å². The third kappa shape index (κ3) is 5.90. The van der Waals surface area contributed by atoms with Gasteiger partial charge in [0.05, 0.1) is 14.2 Å². The fourth-order valence-electron chi connectivity index (χ4n) is 1.87. The SMILES string of the molecule is COc1ccc(N)c(C)c1.COc1ccc(NC(C)=O)c(C)c1. The summed E-state index contributed by atoms with van der Waals surface area (Å²) in [5, 5.41) is 2.73. The van der Waals surface area contributed by atoms with Crippen LogP contribution in [-0.2, 0) is 4.79 Å². The van der Waals surface area contributed by atoms with Crippen LogP contribution >= 0.6 is 0 Å². The van der Waals surface area contributed by atoms with Gasteiger partial charge in [0, 0.05) is 18.3 Å². The van der Waals surface area contributed by atoms with Crippen LogP contribution in [0.5, 0.6) is 11.5 Å². The molecule has 0 aliphatic rings. The average Bonchev–Trinajstić information content (AvgIpc) is 2.52. The molecule has 0 aliphatic carbocycles. The lowest BCUT2D eigenvalue weighted by Crippen LogP contribution is -2.06. The van der Waals surface area contributed by atoms with Gasteiger partial charge in [0.1, 0.15) is 11.5 Å². The Morgan fingerprint density at radius 3 is 1.91 bits per heavy atom. The van der Waals surface area contributed by atoms with Crippen LogP contribution in [0.2, 0.25) is 0 Å². The maximum absolute atomic E-state index is 10.8. The summed E-state index contributed by atoms with van der Waals surface area (Å²) in [4.78, 5) is 10.8. The Hall–Kier alpha value is -2.69. The molecular formula is C18H24N2O3. The second-order valence-electron chi connectivity index (χ2n) is 5.08. The Kier molecular flexibility index (Phi) is 6.93. The highest BCUT2D eigenvalue weighted by Crippen LogP contribution is 2.20. The Morgan fingerprint density at radius 1 is 0.957 bits per heavy atom. The molecule has 1 amide bonds. The normalized spacial score (nSPS) is 9.43. The van der Waals surface area contributed by atoms with E-state index in [0.717, 1.165) is 34.0 Å². The van der Waals surface area contributed by atoms with E-state index in [4.69, 9.17) is 15.2 Å². The number of hydrogen-bond acceptors (Lipinski definition) is 4. The van der Waals surface area contributed by atoms with Gasteiger partial charge >= 0.3 is 0 Å². The van der Waals surface area contributed by atoms with Crippen LogP contribution in [0.3, 0.4) is 0 Å². The molecule has 2 aromatic rings. The lowest BCUT2D eigenvalue weighted by molar-refractivity contribution is -0.114. The molecule has 0 atom stereocenters. The summed E-state index contributed by atoms with van der Waals surface area (Å²) in [6, 6.07) is 11.1. The number of nitrogen functional groups attached to an aromatic ring is 1. The Morgan fingerprint density at radius 2 is 1.48 bits per heavy atom. The summed E-state index contributed by atoms with van der Waals surface area (Å²) >= 11 is 0. The van der Waals surface area contributed by atoms with Gasteiger partial charge in [-0.15, -0.1) is 0 Å². The van der Waals surface area contributed by atoms with E-state index in [9.17, 15) is 4.79 Å². The maximum Gasteiger partial charge on any atom is 0.221 e. The van der Waals surface area contributed by atoms with Crippen LogP contribution in [0.15, 0.2) is 36.4 Å². The van der Waals surface area contributed by atoms with Gasteiger partial charge in [0.2, 0.25) is 5.91 Å². The highest BCUT2D eigenvalue weighted by Gasteiger charge is 2.00. The van der Waals surface area contributed by atoms with Crippen LogP contribution in [0.25, 0.3) is 0 Å². The topological polar surface area (TPSA) is 73.6 Å². The van der Waals surface area contributed by atoms with Crippen LogP contribution in [0.4, 0.5) is 11.4 Å². The van der Waals surface area contributed by atoms with Gasteiger partial charge in [-0.1, -0.05) is 0 Å². The van der Waals surface area contributed by atoms with Crippen molar-refractivity contribution in [2.24, 2.45) is 0 Å². The average molecular weight is 316 g/mol. The van der Waals surface area contributed by atoms with Gasteiger partial charge in [-0.05, 0) is 61.4 Å². The molecule has 23 heavy (non-hydrogen) atoms. The van der Waals surface area contributed by atoms with Crippen molar-refractivity contribution >= 4 is 17.3 Å². The van der Waals surface area contributed by atoms with Gasteiger partial charge in [0.25, 0.3) is 0 Å². The van der Waals surface area contributed by atoms with E-state index in [2.05, 4.69) is 5.32 Å². The number of carbonyl (C=O) groups is 1. The number of anilines is 2. The van der Waals surface area contributed by atoms with E-state index in [-0.39, 0.29) is 5.91 Å². The molecule has 0 saturated carbocycles. The molecule has 0 unspecified atom stereocenters. The number of nitrogens with two attached hydrogens (primary N) is 1. The molecular weight excluding hydrogens is 292 g/mol. The van der Waals surface area contributed by atoms with Gasteiger partial charge in [-0.3, -0.25) is 4.79 Å². The van der Waals surface area contributed by atoms with Crippen LogP contribution in [0, 0.1) is 13.8 Å². The largest absolute Gasteiger partial charge is 0.497 e. The standard InChI is InChI=1S/C10H13NO2.C8H11NO/c1-7-6-9(13-3)4-5-10(7)11-8(2)12;1-6-5-7(10-2)3-4-8(6)9/h4-6H,1-3H3,(H,11,12);3-5H,9H2,1-2H3. The van der Waals surface area contributed by atoms with Crippen LogP contribution < -0.4 is 20.5 Å². The number of aryl methyl sites for hydroxylation is 2. The summed E-state index contributed by atoms with van der Waals surface area (Å²) in [6.07, 6.45) is 0. The lowest BCUT2D eigenvalue weighted by atomic mass is 10.2. The second-order valence-corrected chi connectivity index (χ2v) is 5.08. The van der Waals surface area contributed by atoms with Gasteiger partial charge < -0.3 is 20.5 Å². The zero-order chi connectivity index (χ0) is 17.4. The molecule has 5 heteroatoms. The Labute approximate surface area is 137 Å². The molecule has 0 saturated heterocycles. The quantitative estimate of drug-likeness (QED) is 0.849. The minimum absolute atomic E-state index is 0.0618. The molecule has 0 heterocycles. The number of benzene rings is 2. The monoisotopic (exact) mass is 316 g/mol. The lowest BCUT2D eigenvalue weighted by Gasteiger charge is -2.07. The first-order valence-corrected chi connectivity index (χ1v) is 7.19. The number of rotatable bonds is 3. The Bertz CT molecular complexity index is 669. The first-order valence-electron chi connectivity index (χ1n) is 7.19. The molecule has 0 spiro atoms. The molecule has 0 fully saturated rings. The third-order valence-corrected chi connectivity index (χ3v) is 3.22. The number of nitrogens with one attached hydrogen (secondary N) is 1. The number of ether oxygens (including phenoxy) is 2. The minimum Gasteiger partial charge on any atom is -0.497 e. The van der Waals surface area contributed by atoms with Crippen LogP contribution in [0.1, 0.15) is 18.1 Å². The minimum atomic E-state index is -0.0618. The van der Waals surface area contributed by atoms with Gasteiger partial charge in [-0.25, -0.2) is 0 Å². The van der Waals surface area contributed by atoms with Crippen molar-refractivity contribution in [2.75, 3.05) is 25.3 Å². The molecule has 0 aliphatic heterocycles. The summed E-state index contributed by atoms with van der Waals surface area (Å²) in [5.74, 6) is 1.59. The number of methoxy groups -OCH3 is 2. The molecule has 0 radical (unpaired) electrons. The number of amides is 1. The highest BCUT2D eigenvalue weighted by atomic mass is 16.5. The molecule has 0 aromatic heterocycles. The number of carbonyl (C=O) groups excluding carboxylic acids is 1. The summed E-state index contributed by atoms with van der Waals surface area (Å²) in [5.41, 5.74) is 9.27. The summed E-state index contributed by atoms with van der Waals surface area (Å²) in [7, 11) is 3.26. The second kappa shape index (κ2) is 8.68. The van der Waals surface area contributed by atoms with Crippen molar-refractivity contribution in [1.82, 2.24) is 0 Å². The maximum atomic E-state index is 10.8. The predicted octanol–water partition coefficient (Wildman–Crippen LogP) is 3.55. The summed E-state index contributed by atoms with van der Waals surface area (Å²) < 4.78 is 10.0. The van der Waals surface area contributed by atoms with Gasteiger partial charge in [-0.2, -0.15) is 0 Å². The molecule has 5 nitrogen and oxygen atoms in total. The molecule has 124 valence electrons. The molecule has 2 rings (SSSR count). The van der Waals surface area contributed by atoms with E-state index < -0.39 is 0 Å². The highest BCUT2D eigenvalue weighted by molar-refractivity contribution is 5.89. The van der Waals surface area contributed by atoms with E-state index in [1.807, 2.05) is 50.2 Å². The van der Waals surface area contributed by atoms with E-state index >= 15 is 0 Å². The zero-order valence-corrected chi connectivity index (χ0v) is 14.3. The first kappa shape index (κ1) is 18.4. The Balaban J connectivity index is 0.000000238. The smallest absolute Gasteiger partial charge is 0.221 e. The van der Waals surface area contributed by atoms with Gasteiger partial charge in [0.15, 0.2) is 0 Å². The van der Waals surface area contributed by atoms with E-state index in [1.165, 1.54) is 6.92 Å². The van der Waals surface area contributed by atoms with Crippen molar-refractivity contribution in [3.63, 3.8) is 0 Å².